The Morgan fingerprint density at radius 2 is 2.38 bits per heavy atom. The Morgan fingerprint density at radius 3 is 3.00 bits per heavy atom. The molecule has 0 aliphatic carbocycles. The molecular weight excluding hydrogens is 184 g/mol. The second kappa shape index (κ2) is 6.41. The van der Waals surface area contributed by atoms with Crippen LogP contribution in [-0.2, 0) is 0 Å². The van der Waals surface area contributed by atoms with Gasteiger partial charge in [0.05, 0.1) is 0 Å². The van der Waals surface area contributed by atoms with Gasteiger partial charge in [-0.05, 0) is 26.4 Å². The van der Waals surface area contributed by atoms with Crippen LogP contribution < -0.4 is 5.32 Å². The minimum atomic E-state index is 0.683. The summed E-state index contributed by atoms with van der Waals surface area (Å²) in [7, 11) is 2.13. The van der Waals surface area contributed by atoms with Crippen molar-refractivity contribution in [3.8, 4) is 0 Å². The zero-order valence-electron chi connectivity index (χ0n) is 8.30. The molecule has 1 aliphatic rings. The van der Waals surface area contributed by atoms with E-state index in [1.54, 1.807) is 5.54 Å². The first kappa shape index (κ1) is 11.0. The lowest BCUT2D eigenvalue weighted by Crippen LogP contribution is -2.42. The normalized spacial score (nSPS) is 24.4. The maximum Gasteiger partial charge on any atom is 0.0195 e. The van der Waals surface area contributed by atoms with Crippen LogP contribution in [0.4, 0.5) is 0 Å². The SMILES string of the molecule is CN(C/C=C/Cl)CC1CCCCN1. The molecule has 0 aromatic carbocycles. The van der Waals surface area contributed by atoms with Gasteiger partial charge in [-0.25, -0.2) is 0 Å². The number of nitrogens with zero attached hydrogens (tertiary/aromatic N) is 1. The topological polar surface area (TPSA) is 15.3 Å². The van der Waals surface area contributed by atoms with Crippen LogP contribution in [0.25, 0.3) is 0 Å². The van der Waals surface area contributed by atoms with E-state index in [1.807, 2.05) is 6.08 Å². The Morgan fingerprint density at radius 1 is 1.54 bits per heavy atom. The summed E-state index contributed by atoms with van der Waals surface area (Å²) in [5.41, 5.74) is 1.59. The van der Waals surface area contributed by atoms with Gasteiger partial charge in [0.2, 0.25) is 0 Å². The van der Waals surface area contributed by atoms with Gasteiger partial charge in [-0.15, -0.1) is 0 Å². The van der Waals surface area contributed by atoms with Crippen molar-refractivity contribution in [3.63, 3.8) is 0 Å². The number of piperidine rings is 1. The van der Waals surface area contributed by atoms with Gasteiger partial charge >= 0.3 is 0 Å². The molecule has 0 bridgehead atoms. The second-order valence-electron chi connectivity index (χ2n) is 3.73. The second-order valence-corrected chi connectivity index (χ2v) is 3.98. The minimum absolute atomic E-state index is 0.683. The molecule has 1 aliphatic heterocycles. The van der Waals surface area contributed by atoms with E-state index >= 15 is 0 Å². The Kier molecular flexibility index (Phi) is 5.44. The summed E-state index contributed by atoms with van der Waals surface area (Å²) in [4.78, 5) is 2.29. The van der Waals surface area contributed by atoms with Crippen molar-refractivity contribution in [2.75, 3.05) is 26.7 Å². The molecule has 13 heavy (non-hydrogen) atoms. The van der Waals surface area contributed by atoms with Crippen molar-refractivity contribution >= 4 is 11.6 Å². The summed E-state index contributed by atoms with van der Waals surface area (Å²) in [5, 5.41) is 3.53. The van der Waals surface area contributed by atoms with Crippen LogP contribution in [0.5, 0.6) is 0 Å². The molecule has 1 N–H and O–H groups in total. The molecule has 1 rings (SSSR count). The van der Waals surface area contributed by atoms with Crippen molar-refractivity contribution in [2.24, 2.45) is 0 Å². The highest BCUT2D eigenvalue weighted by molar-refractivity contribution is 6.25. The predicted octanol–water partition coefficient (Wildman–Crippen LogP) is 1.81. The largest absolute Gasteiger partial charge is 0.313 e. The van der Waals surface area contributed by atoms with E-state index in [-0.39, 0.29) is 0 Å². The summed E-state index contributed by atoms with van der Waals surface area (Å²) in [6.07, 6.45) is 6.00. The van der Waals surface area contributed by atoms with E-state index in [9.17, 15) is 0 Å². The van der Waals surface area contributed by atoms with Gasteiger partial charge in [0, 0.05) is 24.7 Å². The van der Waals surface area contributed by atoms with E-state index in [4.69, 9.17) is 11.6 Å². The molecule has 1 fully saturated rings. The van der Waals surface area contributed by atoms with Crippen LogP contribution in [0.2, 0.25) is 0 Å². The molecule has 0 radical (unpaired) electrons. The summed E-state index contributed by atoms with van der Waals surface area (Å²) < 4.78 is 0. The monoisotopic (exact) mass is 202 g/mol. The molecule has 0 aromatic rings. The fourth-order valence-corrected chi connectivity index (χ4v) is 1.83. The van der Waals surface area contributed by atoms with Crippen LogP contribution in [0.1, 0.15) is 19.3 Å². The van der Waals surface area contributed by atoms with Gasteiger partial charge in [0.25, 0.3) is 0 Å². The maximum absolute atomic E-state index is 5.47. The molecule has 3 heteroatoms. The summed E-state index contributed by atoms with van der Waals surface area (Å²) in [5.74, 6) is 0. The molecule has 1 unspecified atom stereocenters. The molecule has 2 nitrogen and oxygen atoms in total. The third-order valence-electron chi connectivity index (χ3n) is 2.45. The lowest BCUT2D eigenvalue weighted by atomic mass is 10.0. The van der Waals surface area contributed by atoms with Crippen molar-refractivity contribution in [2.45, 2.75) is 25.3 Å². The molecule has 0 spiro atoms. The van der Waals surface area contributed by atoms with Crippen LogP contribution in [-0.4, -0.2) is 37.6 Å². The van der Waals surface area contributed by atoms with Crippen LogP contribution in [0.3, 0.4) is 0 Å². The van der Waals surface area contributed by atoms with Gasteiger partial charge in [-0.2, -0.15) is 0 Å². The van der Waals surface area contributed by atoms with Crippen molar-refractivity contribution in [1.29, 1.82) is 0 Å². The number of hydrogen-bond donors (Lipinski definition) is 1. The van der Waals surface area contributed by atoms with Crippen LogP contribution in [0, 0.1) is 0 Å². The summed E-state index contributed by atoms with van der Waals surface area (Å²) in [6, 6.07) is 0.683. The van der Waals surface area contributed by atoms with Crippen LogP contribution in [0.15, 0.2) is 11.6 Å². The first-order valence-electron chi connectivity index (χ1n) is 5.00. The van der Waals surface area contributed by atoms with Crippen molar-refractivity contribution in [3.05, 3.63) is 11.6 Å². The average molecular weight is 203 g/mol. The molecule has 1 atom stereocenters. The van der Waals surface area contributed by atoms with Gasteiger partial charge in [-0.1, -0.05) is 24.1 Å². The van der Waals surface area contributed by atoms with Crippen molar-refractivity contribution < 1.29 is 0 Å². The van der Waals surface area contributed by atoms with Gasteiger partial charge in [0.1, 0.15) is 0 Å². The molecule has 0 saturated carbocycles. The van der Waals surface area contributed by atoms with Gasteiger partial charge < -0.3 is 10.2 Å². The third-order valence-corrected chi connectivity index (χ3v) is 2.63. The Balaban J connectivity index is 2.14. The first-order chi connectivity index (χ1) is 6.33. The third kappa shape index (κ3) is 4.65. The predicted molar refractivity (Wildman–Crippen MR) is 58.1 cm³/mol. The first-order valence-corrected chi connectivity index (χ1v) is 5.43. The number of likely N-dealkylation sites (N-methyl/N-ethyl adjacent to an activating group) is 1. The Labute approximate surface area is 85.9 Å². The Bertz CT molecular complexity index is 153. The highest BCUT2D eigenvalue weighted by Gasteiger charge is 2.13. The molecule has 0 aromatic heterocycles. The molecular formula is C10H19ClN2. The zero-order valence-corrected chi connectivity index (χ0v) is 9.06. The summed E-state index contributed by atoms with van der Waals surface area (Å²) in [6.45, 7) is 3.26. The molecule has 0 amide bonds. The lowest BCUT2D eigenvalue weighted by molar-refractivity contribution is 0.280. The van der Waals surface area contributed by atoms with E-state index in [2.05, 4.69) is 17.3 Å². The van der Waals surface area contributed by atoms with Gasteiger partial charge in [-0.3, -0.25) is 0 Å². The van der Waals surface area contributed by atoms with E-state index in [0.29, 0.717) is 6.04 Å². The quantitative estimate of drug-likeness (QED) is 0.748. The standard InChI is InChI=1S/C10H19ClN2/c1-13(8-4-6-11)9-10-5-2-3-7-12-10/h4,6,10,12H,2-3,5,7-9H2,1H3/b6-4+. The lowest BCUT2D eigenvalue weighted by Gasteiger charge is -2.27. The molecule has 1 heterocycles. The Hall–Kier alpha value is -0.0500. The van der Waals surface area contributed by atoms with Crippen molar-refractivity contribution in [1.82, 2.24) is 10.2 Å². The maximum atomic E-state index is 5.47. The number of rotatable bonds is 4. The van der Waals surface area contributed by atoms with E-state index < -0.39 is 0 Å². The number of nitrogens with one attached hydrogen (secondary N) is 1. The molecule has 76 valence electrons. The fraction of sp³-hybridized carbons (Fsp3) is 0.800. The highest BCUT2D eigenvalue weighted by atomic mass is 35.5. The van der Waals surface area contributed by atoms with Gasteiger partial charge in [0.15, 0.2) is 0 Å². The average Bonchev–Trinajstić information content (AvgIpc) is 2.16. The van der Waals surface area contributed by atoms with E-state index in [0.717, 1.165) is 13.1 Å². The molecule has 1 saturated heterocycles. The number of halogens is 1. The number of hydrogen-bond acceptors (Lipinski definition) is 2. The highest BCUT2D eigenvalue weighted by Crippen LogP contribution is 2.07. The zero-order chi connectivity index (χ0) is 9.52. The van der Waals surface area contributed by atoms with Crippen LogP contribution >= 0.6 is 11.6 Å². The van der Waals surface area contributed by atoms with E-state index in [1.165, 1.54) is 25.8 Å². The fourth-order valence-electron chi connectivity index (χ4n) is 1.75. The smallest absolute Gasteiger partial charge is 0.0195 e. The summed E-state index contributed by atoms with van der Waals surface area (Å²) >= 11 is 5.47. The minimum Gasteiger partial charge on any atom is -0.313 e.